The van der Waals surface area contributed by atoms with Crippen LogP contribution < -0.4 is 5.32 Å². The van der Waals surface area contributed by atoms with E-state index in [1.807, 2.05) is 47.2 Å². The molecule has 1 aliphatic rings. The molecule has 1 saturated heterocycles. The Morgan fingerprint density at radius 2 is 1.79 bits per heavy atom. The van der Waals surface area contributed by atoms with E-state index in [1.165, 1.54) is 5.56 Å². The molecule has 0 saturated carbocycles. The number of hydrogen-bond acceptors (Lipinski definition) is 3. The van der Waals surface area contributed by atoms with Crippen LogP contribution in [0.5, 0.6) is 0 Å². The first-order chi connectivity index (χ1) is 13.7. The summed E-state index contributed by atoms with van der Waals surface area (Å²) in [6.07, 6.45) is 7.29. The summed E-state index contributed by atoms with van der Waals surface area (Å²) in [6, 6.07) is 15.8. The number of aromatic nitrogens is 2. The second-order valence-electron chi connectivity index (χ2n) is 7.17. The minimum atomic E-state index is -0.00617. The first-order valence-corrected chi connectivity index (χ1v) is 9.91. The number of rotatable bonds is 5. The van der Waals surface area contributed by atoms with Gasteiger partial charge in [0.25, 0.3) is 5.91 Å². The van der Waals surface area contributed by atoms with Crippen molar-refractivity contribution in [2.24, 2.45) is 0 Å². The van der Waals surface area contributed by atoms with Crippen LogP contribution in [0, 0.1) is 0 Å². The smallest absolute Gasteiger partial charge is 0.251 e. The third-order valence-electron chi connectivity index (χ3n) is 5.17. The molecule has 4 rings (SSSR count). The molecule has 2 aromatic carbocycles. The molecule has 1 fully saturated rings. The Balaban J connectivity index is 1.27. The van der Waals surface area contributed by atoms with Gasteiger partial charge in [-0.15, -0.1) is 0 Å². The maximum atomic E-state index is 12.6. The topological polar surface area (TPSA) is 50.2 Å². The fraction of sp³-hybridized carbons (Fsp3) is 0.273. The molecule has 5 nitrogen and oxygen atoms in total. The van der Waals surface area contributed by atoms with Gasteiger partial charge in [0.15, 0.2) is 0 Å². The molecular weight excluding hydrogens is 372 g/mol. The molecule has 2 heterocycles. The number of nitrogens with zero attached hydrogens (tertiary/aromatic N) is 3. The lowest BCUT2D eigenvalue weighted by Gasteiger charge is -2.32. The van der Waals surface area contributed by atoms with Crippen LogP contribution in [0.15, 0.2) is 67.3 Å². The second kappa shape index (κ2) is 8.59. The lowest BCUT2D eigenvalue weighted by Crippen LogP contribution is -2.44. The van der Waals surface area contributed by atoms with E-state index in [-0.39, 0.29) is 11.9 Å². The average molecular weight is 395 g/mol. The molecular formula is C22H23ClN4O. The van der Waals surface area contributed by atoms with Gasteiger partial charge in [-0.05, 0) is 54.8 Å². The van der Waals surface area contributed by atoms with Crippen molar-refractivity contribution < 1.29 is 4.79 Å². The summed E-state index contributed by atoms with van der Waals surface area (Å²) in [4.78, 5) is 19.0. The standard InChI is InChI=1S/C22H23ClN4O/c23-19-5-1-17(2-6-19)15-26-12-9-20(10-13-26)25-22(28)18-3-7-21(8-4-18)27-14-11-24-16-27/h1-8,11,14,16,20H,9-10,12-13,15H2,(H,25,28). The van der Waals surface area contributed by atoms with E-state index < -0.39 is 0 Å². The normalized spacial score (nSPS) is 15.5. The van der Waals surface area contributed by atoms with E-state index in [9.17, 15) is 4.79 Å². The summed E-state index contributed by atoms with van der Waals surface area (Å²) in [5, 5.41) is 3.95. The molecule has 0 bridgehead atoms. The van der Waals surface area contributed by atoms with Gasteiger partial charge in [0.1, 0.15) is 0 Å². The van der Waals surface area contributed by atoms with Crippen molar-refractivity contribution in [1.82, 2.24) is 19.8 Å². The molecule has 0 atom stereocenters. The molecule has 0 aliphatic carbocycles. The number of hydrogen-bond donors (Lipinski definition) is 1. The number of imidazole rings is 1. The van der Waals surface area contributed by atoms with Crippen LogP contribution in [0.25, 0.3) is 5.69 Å². The van der Waals surface area contributed by atoms with Gasteiger partial charge in [-0.2, -0.15) is 0 Å². The third-order valence-corrected chi connectivity index (χ3v) is 5.43. The number of halogens is 1. The molecule has 3 aromatic rings. The Bertz CT molecular complexity index is 899. The van der Waals surface area contributed by atoms with E-state index >= 15 is 0 Å². The van der Waals surface area contributed by atoms with Crippen LogP contribution in [0.1, 0.15) is 28.8 Å². The summed E-state index contributed by atoms with van der Waals surface area (Å²) in [5.74, 6) is -0.00617. The zero-order valence-corrected chi connectivity index (χ0v) is 16.3. The molecule has 0 radical (unpaired) electrons. The fourth-order valence-corrected chi connectivity index (χ4v) is 3.67. The summed E-state index contributed by atoms with van der Waals surface area (Å²) < 4.78 is 1.91. The monoisotopic (exact) mass is 394 g/mol. The third kappa shape index (κ3) is 4.61. The largest absolute Gasteiger partial charge is 0.349 e. The Hall–Kier alpha value is -2.63. The van der Waals surface area contributed by atoms with Crippen molar-refractivity contribution in [3.63, 3.8) is 0 Å². The van der Waals surface area contributed by atoms with Crippen LogP contribution in [-0.4, -0.2) is 39.5 Å². The van der Waals surface area contributed by atoms with Crippen molar-refractivity contribution in [2.75, 3.05) is 13.1 Å². The molecule has 6 heteroatoms. The number of benzene rings is 2. The summed E-state index contributed by atoms with van der Waals surface area (Å²) >= 11 is 5.95. The molecule has 144 valence electrons. The number of piperidine rings is 1. The van der Waals surface area contributed by atoms with E-state index in [2.05, 4.69) is 27.3 Å². The number of carbonyl (C=O) groups excluding carboxylic acids is 1. The molecule has 1 aromatic heterocycles. The van der Waals surface area contributed by atoms with Gasteiger partial charge in [0.05, 0.1) is 6.33 Å². The van der Waals surface area contributed by atoms with Crippen molar-refractivity contribution in [3.05, 3.63) is 83.4 Å². The highest BCUT2D eigenvalue weighted by Gasteiger charge is 2.21. The fourth-order valence-electron chi connectivity index (χ4n) is 3.55. The first kappa shape index (κ1) is 18.7. The molecule has 1 N–H and O–H groups in total. The summed E-state index contributed by atoms with van der Waals surface area (Å²) in [6.45, 7) is 2.88. The number of likely N-dealkylation sites (tertiary alicyclic amines) is 1. The molecule has 0 unspecified atom stereocenters. The van der Waals surface area contributed by atoms with E-state index in [0.717, 1.165) is 43.2 Å². The Labute approximate surface area is 170 Å². The number of amides is 1. The van der Waals surface area contributed by atoms with Crippen LogP contribution in [0.4, 0.5) is 0 Å². The predicted octanol–water partition coefficient (Wildman–Crippen LogP) is 3.92. The van der Waals surface area contributed by atoms with E-state index in [4.69, 9.17) is 11.6 Å². The Morgan fingerprint density at radius 1 is 1.07 bits per heavy atom. The molecule has 1 amide bonds. The maximum Gasteiger partial charge on any atom is 0.251 e. The van der Waals surface area contributed by atoms with E-state index in [0.29, 0.717) is 5.56 Å². The highest BCUT2D eigenvalue weighted by atomic mass is 35.5. The van der Waals surface area contributed by atoms with Gasteiger partial charge >= 0.3 is 0 Å². The number of nitrogens with one attached hydrogen (secondary N) is 1. The lowest BCUT2D eigenvalue weighted by molar-refractivity contribution is 0.0909. The highest BCUT2D eigenvalue weighted by molar-refractivity contribution is 6.30. The Morgan fingerprint density at radius 3 is 2.43 bits per heavy atom. The first-order valence-electron chi connectivity index (χ1n) is 9.53. The van der Waals surface area contributed by atoms with Gasteiger partial charge in [-0.25, -0.2) is 4.98 Å². The maximum absolute atomic E-state index is 12.6. The quantitative estimate of drug-likeness (QED) is 0.713. The van der Waals surface area contributed by atoms with Gasteiger partial charge in [-0.3, -0.25) is 9.69 Å². The summed E-state index contributed by atoms with van der Waals surface area (Å²) in [7, 11) is 0. The zero-order chi connectivity index (χ0) is 19.3. The Kier molecular flexibility index (Phi) is 5.74. The van der Waals surface area contributed by atoms with Crippen molar-refractivity contribution in [3.8, 4) is 5.69 Å². The van der Waals surface area contributed by atoms with Crippen LogP contribution >= 0.6 is 11.6 Å². The van der Waals surface area contributed by atoms with Crippen molar-refractivity contribution in [2.45, 2.75) is 25.4 Å². The van der Waals surface area contributed by atoms with Gasteiger partial charge < -0.3 is 9.88 Å². The minimum absolute atomic E-state index is 0.00617. The number of carbonyl (C=O) groups is 1. The predicted molar refractivity (Wildman–Crippen MR) is 111 cm³/mol. The van der Waals surface area contributed by atoms with E-state index in [1.54, 1.807) is 12.5 Å². The van der Waals surface area contributed by atoms with Crippen LogP contribution in [-0.2, 0) is 6.54 Å². The molecule has 0 spiro atoms. The highest BCUT2D eigenvalue weighted by Crippen LogP contribution is 2.17. The SMILES string of the molecule is O=C(NC1CCN(Cc2ccc(Cl)cc2)CC1)c1ccc(-n2ccnc2)cc1. The molecule has 1 aliphatic heterocycles. The van der Waals surface area contributed by atoms with Crippen molar-refractivity contribution >= 4 is 17.5 Å². The average Bonchev–Trinajstić information content (AvgIpc) is 3.26. The van der Waals surface area contributed by atoms with Gasteiger partial charge in [-0.1, -0.05) is 23.7 Å². The molecule has 28 heavy (non-hydrogen) atoms. The van der Waals surface area contributed by atoms with Gasteiger partial charge in [0.2, 0.25) is 0 Å². The van der Waals surface area contributed by atoms with Crippen LogP contribution in [0.2, 0.25) is 5.02 Å². The lowest BCUT2D eigenvalue weighted by atomic mass is 10.0. The summed E-state index contributed by atoms with van der Waals surface area (Å²) in [5.41, 5.74) is 2.95. The van der Waals surface area contributed by atoms with Crippen molar-refractivity contribution in [1.29, 1.82) is 0 Å². The minimum Gasteiger partial charge on any atom is -0.349 e. The zero-order valence-electron chi connectivity index (χ0n) is 15.6. The van der Waals surface area contributed by atoms with Gasteiger partial charge in [0, 0.05) is 54.3 Å². The second-order valence-corrected chi connectivity index (χ2v) is 7.60. The van der Waals surface area contributed by atoms with Crippen LogP contribution in [0.3, 0.4) is 0 Å².